The summed E-state index contributed by atoms with van der Waals surface area (Å²) < 4.78 is 0. The highest BCUT2D eigenvalue weighted by Gasteiger charge is 2.25. The summed E-state index contributed by atoms with van der Waals surface area (Å²) >= 11 is 1.59. The summed E-state index contributed by atoms with van der Waals surface area (Å²) in [6, 6.07) is 10.2. The van der Waals surface area contributed by atoms with E-state index in [4.69, 9.17) is 0 Å². The summed E-state index contributed by atoms with van der Waals surface area (Å²) in [4.78, 5) is 41.2. The molecule has 3 aromatic rings. The van der Waals surface area contributed by atoms with Crippen molar-refractivity contribution in [1.82, 2.24) is 24.8 Å². The first-order chi connectivity index (χ1) is 14.2. The number of hydrogen-bond acceptors (Lipinski definition) is 6. The molecule has 0 aliphatic carbocycles. The predicted molar refractivity (Wildman–Crippen MR) is 110 cm³/mol. The Bertz CT molecular complexity index is 969. The number of amides is 2. The molecule has 0 spiro atoms. The van der Waals surface area contributed by atoms with E-state index >= 15 is 0 Å². The van der Waals surface area contributed by atoms with Gasteiger partial charge in [-0.05, 0) is 5.56 Å². The molecular weight excluding hydrogens is 386 g/mol. The van der Waals surface area contributed by atoms with Gasteiger partial charge in [0.2, 0.25) is 5.91 Å². The average Bonchev–Trinajstić information content (AvgIpc) is 3.21. The predicted octanol–water partition coefficient (Wildman–Crippen LogP) is 2.05. The molecule has 1 fully saturated rings. The van der Waals surface area contributed by atoms with Crippen molar-refractivity contribution in [3.8, 4) is 0 Å². The van der Waals surface area contributed by atoms with E-state index in [0.717, 1.165) is 17.1 Å². The van der Waals surface area contributed by atoms with E-state index in [1.807, 2.05) is 23.6 Å². The average molecular weight is 407 g/mol. The quantitative estimate of drug-likeness (QED) is 0.647. The van der Waals surface area contributed by atoms with Crippen molar-refractivity contribution in [2.75, 3.05) is 26.2 Å². The third-order valence-corrected chi connectivity index (χ3v) is 5.73. The van der Waals surface area contributed by atoms with Crippen molar-refractivity contribution in [2.45, 2.75) is 12.8 Å². The minimum atomic E-state index is -0.143. The number of benzene rings is 1. The Balaban J connectivity index is 1.28. The van der Waals surface area contributed by atoms with E-state index in [-0.39, 0.29) is 11.8 Å². The zero-order chi connectivity index (χ0) is 20.1. The molecule has 8 heteroatoms. The lowest BCUT2D eigenvalue weighted by Crippen LogP contribution is -2.51. The number of rotatable bonds is 5. The molecule has 1 aliphatic heterocycles. The fourth-order valence-corrected chi connectivity index (χ4v) is 4.11. The highest BCUT2D eigenvalue weighted by molar-refractivity contribution is 7.09. The lowest BCUT2D eigenvalue weighted by Gasteiger charge is -2.34. The molecule has 148 valence electrons. The Morgan fingerprint density at radius 2 is 1.76 bits per heavy atom. The number of piperazine rings is 1. The molecule has 2 aromatic heterocycles. The van der Waals surface area contributed by atoms with Crippen molar-refractivity contribution < 1.29 is 9.59 Å². The second kappa shape index (κ2) is 8.91. The maximum atomic E-state index is 12.6. The van der Waals surface area contributed by atoms with Crippen LogP contribution in [-0.2, 0) is 17.6 Å². The van der Waals surface area contributed by atoms with E-state index in [0.29, 0.717) is 38.3 Å². The summed E-state index contributed by atoms with van der Waals surface area (Å²) in [5.41, 5.74) is 2.35. The molecule has 0 unspecified atom stereocenters. The van der Waals surface area contributed by atoms with Crippen molar-refractivity contribution in [3.05, 3.63) is 76.3 Å². The molecule has 7 nitrogen and oxygen atoms in total. The number of aromatic nitrogens is 3. The summed E-state index contributed by atoms with van der Waals surface area (Å²) in [7, 11) is 0. The van der Waals surface area contributed by atoms with Gasteiger partial charge in [-0.15, -0.1) is 11.3 Å². The van der Waals surface area contributed by atoms with E-state index in [1.54, 1.807) is 21.1 Å². The van der Waals surface area contributed by atoms with E-state index < -0.39 is 0 Å². The monoisotopic (exact) mass is 407 g/mol. The third-order valence-electron chi connectivity index (χ3n) is 4.83. The van der Waals surface area contributed by atoms with Gasteiger partial charge >= 0.3 is 0 Å². The maximum Gasteiger partial charge on any atom is 0.274 e. The van der Waals surface area contributed by atoms with Crippen LogP contribution < -0.4 is 0 Å². The summed E-state index contributed by atoms with van der Waals surface area (Å²) in [5.74, 6) is -0.0941. The first-order valence-electron chi connectivity index (χ1n) is 9.49. The Labute approximate surface area is 173 Å². The molecular formula is C21H21N5O2S. The molecule has 2 amide bonds. The van der Waals surface area contributed by atoms with E-state index in [1.165, 1.54) is 24.2 Å². The molecule has 1 saturated heterocycles. The largest absolute Gasteiger partial charge is 0.339 e. The van der Waals surface area contributed by atoms with Crippen molar-refractivity contribution in [2.24, 2.45) is 0 Å². The zero-order valence-electron chi connectivity index (χ0n) is 15.9. The number of hydrogen-bond donors (Lipinski definition) is 0. The Morgan fingerprint density at radius 3 is 2.48 bits per heavy atom. The van der Waals surface area contributed by atoms with Gasteiger partial charge in [0.15, 0.2) is 0 Å². The molecule has 1 aliphatic rings. The Morgan fingerprint density at radius 1 is 1.00 bits per heavy atom. The summed E-state index contributed by atoms with van der Waals surface area (Å²) in [6.45, 7) is 2.03. The van der Waals surface area contributed by atoms with Crippen LogP contribution in [0.25, 0.3) is 0 Å². The van der Waals surface area contributed by atoms with E-state index in [9.17, 15) is 9.59 Å². The number of nitrogens with zero attached hydrogens (tertiary/aromatic N) is 5. The fourth-order valence-electron chi connectivity index (χ4n) is 3.28. The fraction of sp³-hybridized carbons (Fsp3) is 0.286. The van der Waals surface area contributed by atoms with Crippen LogP contribution in [0, 0.1) is 0 Å². The van der Waals surface area contributed by atoms with Crippen LogP contribution in [0.4, 0.5) is 0 Å². The lowest BCUT2D eigenvalue weighted by atomic mass is 10.2. The van der Waals surface area contributed by atoms with Crippen molar-refractivity contribution >= 4 is 23.2 Å². The van der Waals surface area contributed by atoms with Gasteiger partial charge in [0.05, 0.1) is 23.3 Å². The van der Waals surface area contributed by atoms with Crippen LogP contribution in [-0.4, -0.2) is 62.7 Å². The first-order valence-corrected chi connectivity index (χ1v) is 10.4. The summed E-state index contributed by atoms with van der Waals surface area (Å²) in [6.07, 6.45) is 5.59. The topological polar surface area (TPSA) is 79.3 Å². The molecule has 3 heterocycles. The zero-order valence-corrected chi connectivity index (χ0v) is 16.7. The van der Waals surface area contributed by atoms with Crippen LogP contribution >= 0.6 is 11.3 Å². The standard InChI is InChI=1S/C21H21N5O2S/c27-20(13-17-15-29-19(24-17)12-16-4-2-1-3-5-16)25-8-10-26(11-9-25)21(28)18-14-22-6-7-23-18/h1-7,14-15H,8-13H2. The molecule has 4 rings (SSSR count). The lowest BCUT2D eigenvalue weighted by molar-refractivity contribution is -0.132. The molecule has 0 bridgehead atoms. The molecule has 0 radical (unpaired) electrons. The molecule has 0 atom stereocenters. The van der Waals surface area contributed by atoms with Gasteiger partial charge in [0.25, 0.3) is 5.91 Å². The van der Waals surface area contributed by atoms with Gasteiger partial charge in [0, 0.05) is 50.4 Å². The van der Waals surface area contributed by atoms with Gasteiger partial charge in [-0.3, -0.25) is 14.6 Å². The Kier molecular flexibility index (Phi) is 5.90. The minimum Gasteiger partial charge on any atom is -0.339 e. The smallest absolute Gasteiger partial charge is 0.274 e. The number of thiazole rings is 1. The van der Waals surface area contributed by atoms with Crippen molar-refractivity contribution in [3.63, 3.8) is 0 Å². The summed E-state index contributed by atoms with van der Waals surface area (Å²) in [5, 5.41) is 2.97. The van der Waals surface area contributed by atoms with Crippen LogP contribution in [0.5, 0.6) is 0 Å². The minimum absolute atomic E-state index is 0.0492. The normalized spacial score (nSPS) is 14.1. The van der Waals surface area contributed by atoms with Crippen LogP contribution in [0.3, 0.4) is 0 Å². The van der Waals surface area contributed by atoms with Crippen LogP contribution in [0.1, 0.15) is 26.8 Å². The van der Waals surface area contributed by atoms with Gasteiger partial charge < -0.3 is 9.80 Å². The van der Waals surface area contributed by atoms with Gasteiger partial charge in [-0.1, -0.05) is 30.3 Å². The van der Waals surface area contributed by atoms with Crippen LogP contribution in [0.15, 0.2) is 54.3 Å². The molecule has 0 N–H and O–H groups in total. The number of carbonyl (C=O) groups is 2. The second-order valence-electron chi connectivity index (χ2n) is 6.84. The first kappa shape index (κ1) is 19.2. The second-order valence-corrected chi connectivity index (χ2v) is 7.78. The van der Waals surface area contributed by atoms with Crippen LogP contribution in [0.2, 0.25) is 0 Å². The highest BCUT2D eigenvalue weighted by atomic mass is 32.1. The van der Waals surface area contributed by atoms with Gasteiger partial charge in [0.1, 0.15) is 5.69 Å². The molecule has 29 heavy (non-hydrogen) atoms. The third kappa shape index (κ3) is 4.83. The maximum absolute atomic E-state index is 12.6. The molecule has 1 aromatic carbocycles. The van der Waals surface area contributed by atoms with E-state index in [2.05, 4.69) is 27.1 Å². The SMILES string of the molecule is O=C(Cc1csc(Cc2ccccc2)n1)N1CCN(C(=O)c2cnccn2)CC1. The highest BCUT2D eigenvalue weighted by Crippen LogP contribution is 2.16. The molecule has 0 saturated carbocycles. The number of carbonyl (C=O) groups excluding carboxylic acids is 2. The van der Waals surface area contributed by atoms with Gasteiger partial charge in [-0.2, -0.15) is 0 Å². The van der Waals surface area contributed by atoms with Crippen molar-refractivity contribution in [1.29, 1.82) is 0 Å². The Hall–Kier alpha value is -3.13. The van der Waals surface area contributed by atoms with Gasteiger partial charge in [-0.25, -0.2) is 9.97 Å².